The van der Waals surface area contributed by atoms with Gasteiger partial charge in [0.15, 0.2) is 0 Å². The highest BCUT2D eigenvalue weighted by atomic mass is 16.3. The molecule has 1 heterocycles. The van der Waals surface area contributed by atoms with E-state index in [1.807, 2.05) is 12.1 Å². The van der Waals surface area contributed by atoms with Crippen LogP contribution in [0.25, 0.3) is 0 Å². The molecule has 0 bridgehead atoms. The van der Waals surface area contributed by atoms with E-state index in [9.17, 15) is 9.90 Å². The number of aliphatic hydroxyl groups excluding tert-OH is 1. The van der Waals surface area contributed by atoms with Gasteiger partial charge in [-0.3, -0.25) is 0 Å². The Morgan fingerprint density at radius 2 is 1.88 bits per heavy atom. The number of carbonyl (C=O) groups is 1. The second-order valence-corrected chi connectivity index (χ2v) is 7.43. The van der Waals surface area contributed by atoms with E-state index in [1.165, 1.54) is 18.5 Å². The average Bonchev–Trinajstić information content (AvgIpc) is 3.41. The van der Waals surface area contributed by atoms with Crippen LogP contribution >= 0.6 is 0 Å². The van der Waals surface area contributed by atoms with Crippen LogP contribution in [0.2, 0.25) is 0 Å². The molecule has 2 aliphatic rings. The Bertz CT molecular complexity index is 548. The average molecular weight is 331 g/mol. The van der Waals surface area contributed by atoms with Crippen molar-refractivity contribution in [3.63, 3.8) is 0 Å². The van der Waals surface area contributed by atoms with Gasteiger partial charge in [-0.05, 0) is 61.8 Å². The van der Waals surface area contributed by atoms with Crippen molar-refractivity contribution in [1.82, 2.24) is 4.90 Å². The minimum atomic E-state index is -0.399. The van der Waals surface area contributed by atoms with Crippen LogP contribution in [0.5, 0.6) is 0 Å². The predicted molar refractivity (Wildman–Crippen MR) is 97.4 cm³/mol. The van der Waals surface area contributed by atoms with Gasteiger partial charge in [0, 0.05) is 38.1 Å². The highest BCUT2D eigenvalue weighted by Crippen LogP contribution is 2.32. The Kier molecular flexibility index (Phi) is 5.29. The molecule has 5 heteroatoms. The summed E-state index contributed by atoms with van der Waals surface area (Å²) in [6.07, 6.45) is 4.24. The Morgan fingerprint density at radius 3 is 2.46 bits per heavy atom. The summed E-state index contributed by atoms with van der Waals surface area (Å²) in [6, 6.07) is 7.89. The van der Waals surface area contributed by atoms with Crippen LogP contribution in [-0.2, 0) is 0 Å². The topological polar surface area (TPSA) is 55.8 Å². The van der Waals surface area contributed by atoms with Crippen molar-refractivity contribution in [1.29, 1.82) is 0 Å². The number of rotatable bonds is 5. The summed E-state index contributed by atoms with van der Waals surface area (Å²) in [4.78, 5) is 16.2. The van der Waals surface area contributed by atoms with E-state index in [4.69, 9.17) is 0 Å². The number of carbonyl (C=O) groups excluding carboxylic acids is 1. The molecule has 1 aromatic carbocycles. The van der Waals surface area contributed by atoms with Crippen LogP contribution in [0.4, 0.5) is 16.2 Å². The van der Waals surface area contributed by atoms with Crippen LogP contribution in [0, 0.1) is 11.8 Å². The summed E-state index contributed by atoms with van der Waals surface area (Å²) < 4.78 is 0. The van der Waals surface area contributed by atoms with Crippen molar-refractivity contribution in [3.8, 4) is 0 Å². The van der Waals surface area contributed by atoms with Crippen LogP contribution in [-0.4, -0.2) is 48.8 Å². The second kappa shape index (κ2) is 7.43. The van der Waals surface area contributed by atoms with Gasteiger partial charge in [0.25, 0.3) is 0 Å². The van der Waals surface area contributed by atoms with Crippen LogP contribution in [0.15, 0.2) is 24.3 Å². The first-order chi connectivity index (χ1) is 11.5. The first-order valence-corrected chi connectivity index (χ1v) is 9.08. The number of nitrogens with one attached hydrogen (secondary N) is 1. The molecule has 1 aliphatic heterocycles. The zero-order valence-electron chi connectivity index (χ0n) is 14.7. The molecular formula is C19H29N3O2. The number of aliphatic hydroxyl groups is 1. The standard InChI is InChI=1S/C19H29N3O2/c1-14-9-11-22(12-10-14)17-7-5-16(6-8-17)20-19(24)21(2)13-18(23)15-3-4-15/h5-8,14-15,18,23H,3-4,9-13H2,1-2H3,(H,20,24). The van der Waals surface area contributed by atoms with E-state index < -0.39 is 6.10 Å². The fraction of sp³-hybridized carbons (Fsp3) is 0.632. The summed E-state index contributed by atoms with van der Waals surface area (Å²) in [5, 5.41) is 12.8. The third kappa shape index (κ3) is 4.41. The lowest BCUT2D eigenvalue weighted by atomic mass is 9.99. The van der Waals surface area contributed by atoms with Crippen molar-refractivity contribution >= 4 is 17.4 Å². The van der Waals surface area contributed by atoms with Gasteiger partial charge in [-0.2, -0.15) is 0 Å². The molecule has 1 atom stereocenters. The number of urea groups is 1. The molecule has 3 rings (SSSR count). The Balaban J connectivity index is 1.50. The minimum Gasteiger partial charge on any atom is -0.391 e. The maximum Gasteiger partial charge on any atom is 0.321 e. The Hall–Kier alpha value is -1.75. The summed E-state index contributed by atoms with van der Waals surface area (Å²) in [5.41, 5.74) is 2.01. The largest absolute Gasteiger partial charge is 0.391 e. The molecule has 24 heavy (non-hydrogen) atoms. The molecule has 1 unspecified atom stereocenters. The number of amides is 2. The maximum atomic E-state index is 12.2. The van der Waals surface area contributed by atoms with Crippen LogP contribution in [0.3, 0.4) is 0 Å². The van der Waals surface area contributed by atoms with Crippen LogP contribution in [0.1, 0.15) is 32.6 Å². The van der Waals surface area contributed by atoms with Gasteiger partial charge >= 0.3 is 6.03 Å². The molecule has 2 N–H and O–H groups in total. The van der Waals surface area contributed by atoms with Crippen molar-refractivity contribution in [3.05, 3.63) is 24.3 Å². The summed E-state index contributed by atoms with van der Waals surface area (Å²) in [5.74, 6) is 1.20. The zero-order valence-corrected chi connectivity index (χ0v) is 14.7. The van der Waals surface area contributed by atoms with E-state index in [-0.39, 0.29) is 6.03 Å². The highest BCUT2D eigenvalue weighted by Gasteiger charge is 2.31. The molecule has 1 aromatic rings. The Labute approximate surface area is 144 Å². The first kappa shape index (κ1) is 17.1. The monoisotopic (exact) mass is 331 g/mol. The fourth-order valence-corrected chi connectivity index (χ4v) is 3.23. The van der Waals surface area contributed by atoms with Gasteiger partial charge < -0.3 is 20.2 Å². The number of hydrogen-bond donors (Lipinski definition) is 2. The summed E-state index contributed by atoms with van der Waals surface area (Å²) >= 11 is 0. The molecule has 0 spiro atoms. The molecule has 132 valence electrons. The smallest absolute Gasteiger partial charge is 0.321 e. The lowest BCUT2D eigenvalue weighted by molar-refractivity contribution is 0.117. The van der Waals surface area contributed by atoms with Gasteiger partial charge in [-0.1, -0.05) is 6.92 Å². The highest BCUT2D eigenvalue weighted by molar-refractivity contribution is 5.89. The van der Waals surface area contributed by atoms with Gasteiger partial charge in [0.2, 0.25) is 0 Å². The van der Waals surface area contributed by atoms with E-state index >= 15 is 0 Å². The first-order valence-electron chi connectivity index (χ1n) is 9.08. The van der Waals surface area contributed by atoms with Gasteiger partial charge in [0.1, 0.15) is 0 Å². The number of anilines is 2. The number of piperidine rings is 1. The molecule has 0 radical (unpaired) electrons. The lowest BCUT2D eigenvalue weighted by Gasteiger charge is -2.32. The lowest BCUT2D eigenvalue weighted by Crippen LogP contribution is -2.38. The van der Waals surface area contributed by atoms with E-state index in [1.54, 1.807) is 11.9 Å². The maximum absolute atomic E-state index is 12.2. The molecule has 2 amide bonds. The number of likely N-dealkylation sites (N-methyl/N-ethyl adjacent to an activating group) is 1. The van der Waals surface area contributed by atoms with E-state index in [0.717, 1.165) is 37.5 Å². The SMILES string of the molecule is CC1CCN(c2ccc(NC(=O)N(C)CC(O)C3CC3)cc2)CC1. The molecular weight excluding hydrogens is 302 g/mol. The third-order valence-electron chi connectivity index (χ3n) is 5.24. The molecule has 1 aliphatic carbocycles. The fourth-order valence-electron chi connectivity index (χ4n) is 3.23. The number of benzene rings is 1. The van der Waals surface area contributed by atoms with Gasteiger partial charge in [0.05, 0.1) is 6.10 Å². The van der Waals surface area contributed by atoms with Crippen LogP contribution < -0.4 is 10.2 Å². The minimum absolute atomic E-state index is 0.172. The van der Waals surface area contributed by atoms with E-state index in [2.05, 4.69) is 29.3 Å². The van der Waals surface area contributed by atoms with Crippen molar-refractivity contribution in [2.45, 2.75) is 38.7 Å². The normalized spacial score (nSPS) is 19.9. The van der Waals surface area contributed by atoms with Crippen molar-refractivity contribution in [2.24, 2.45) is 11.8 Å². The zero-order chi connectivity index (χ0) is 17.1. The molecule has 1 saturated carbocycles. The molecule has 2 fully saturated rings. The second-order valence-electron chi connectivity index (χ2n) is 7.43. The predicted octanol–water partition coefficient (Wildman–Crippen LogP) is 3.16. The Morgan fingerprint density at radius 1 is 1.25 bits per heavy atom. The quantitative estimate of drug-likeness (QED) is 0.871. The number of nitrogens with zero attached hydrogens (tertiary/aromatic N) is 2. The van der Waals surface area contributed by atoms with Crippen molar-refractivity contribution < 1.29 is 9.90 Å². The molecule has 0 aromatic heterocycles. The molecule has 5 nitrogen and oxygen atoms in total. The van der Waals surface area contributed by atoms with E-state index in [0.29, 0.717) is 12.5 Å². The number of hydrogen-bond acceptors (Lipinski definition) is 3. The summed E-state index contributed by atoms with van der Waals surface area (Å²) in [7, 11) is 1.73. The molecule has 1 saturated heterocycles. The van der Waals surface area contributed by atoms with Crippen molar-refractivity contribution in [2.75, 3.05) is 36.9 Å². The summed E-state index contributed by atoms with van der Waals surface area (Å²) in [6.45, 7) is 4.91. The van der Waals surface area contributed by atoms with Gasteiger partial charge in [-0.15, -0.1) is 0 Å². The van der Waals surface area contributed by atoms with Gasteiger partial charge in [-0.25, -0.2) is 4.79 Å². The third-order valence-corrected chi connectivity index (χ3v) is 5.24.